The summed E-state index contributed by atoms with van der Waals surface area (Å²) in [6.45, 7) is 2.45. The Morgan fingerprint density at radius 3 is 2.44 bits per heavy atom. The van der Waals surface area contributed by atoms with Gasteiger partial charge in [-0.3, -0.25) is 14.4 Å². The molecule has 6 heteroatoms. The quantitative estimate of drug-likeness (QED) is 0.801. The standard InChI is InChI=1S/C21H28N3O3/c1-15(25)23-19(17-10-6-3-7-11-17)21(27)24-13-12-18(24)20(26)22-14-16-8-4-2-5-9-16/h4-5,8-9,17-19H,3,6-7,10-14H2,1H3,(H,22,26)(H,23,25)/t18-,19+/m0/s1. The molecule has 1 radical (unpaired) electrons. The summed E-state index contributed by atoms with van der Waals surface area (Å²) in [5.74, 6) is -0.271. The lowest BCUT2D eigenvalue weighted by Gasteiger charge is -2.43. The van der Waals surface area contributed by atoms with Gasteiger partial charge in [-0.15, -0.1) is 0 Å². The zero-order valence-electron chi connectivity index (χ0n) is 15.9. The van der Waals surface area contributed by atoms with Gasteiger partial charge in [0.2, 0.25) is 17.7 Å². The third-order valence-electron chi connectivity index (χ3n) is 5.61. The summed E-state index contributed by atoms with van der Waals surface area (Å²) in [4.78, 5) is 38.9. The van der Waals surface area contributed by atoms with Crippen LogP contribution in [0.1, 0.15) is 51.0 Å². The maximum absolute atomic E-state index is 13.1. The zero-order chi connectivity index (χ0) is 19.2. The molecule has 0 spiro atoms. The molecule has 1 aliphatic carbocycles. The molecule has 0 unspecified atom stereocenters. The lowest BCUT2D eigenvalue weighted by molar-refractivity contribution is -0.151. The number of carbonyl (C=O) groups is 3. The van der Waals surface area contributed by atoms with E-state index in [4.69, 9.17) is 0 Å². The molecule has 1 saturated carbocycles. The maximum Gasteiger partial charge on any atom is 0.246 e. The molecule has 1 saturated heterocycles. The highest BCUT2D eigenvalue weighted by Crippen LogP contribution is 2.29. The van der Waals surface area contributed by atoms with Crippen LogP contribution in [0.4, 0.5) is 0 Å². The number of benzene rings is 1. The van der Waals surface area contributed by atoms with E-state index in [1.54, 1.807) is 4.90 Å². The summed E-state index contributed by atoms with van der Waals surface area (Å²) < 4.78 is 0. The van der Waals surface area contributed by atoms with Gasteiger partial charge in [0.15, 0.2) is 0 Å². The van der Waals surface area contributed by atoms with Crippen LogP contribution < -0.4 is 10.6 Å². The van der Waals surface area contributed by atoms with Gasteiger partial charge < -0.3 is 15.5 Å². The summed E-state index contributed by atoms with van der Waals surface area (Å²) in [5.41, 5.74) is 0.998. The number of hydrogen-bond donors (Lipinski definition) is 2. The molecule has 1 heterocycles. The first-order valence-electron chi connectivity index (χ1n) is 9.86. The van der Waals surface area contributed by atoms with Crippen molar-refractivity contribution in [2.75, 3.05) is 6.54 Å². The van der Waals surface area contributed by atoms with Gasteiger partial charge in [-0.1, -0.05) is 43.5 Å². The number of likely N-dealkylation sites (tertiary alicyclic amines) is 1. The van der Waals surface area contributed by atoms with Crippen LogP contribution in [0.25, 0.3) is 0 Å². The van der Waals surface area contributed by atoms with Crippen LogP contribution in [0.3, 0.4) is 0 Å². The van der Waals surface area contributed by atoms with E-state index < -0.39 is 12.1 Å². The molecular weight excluding hydrogens is 342 g/mol. The van der Waals surface area contributed by atoms with Gasteiger partial charge >= 0.3 is 0 Å². The van der Waals surface area contributed by atoms with Crippen molar-refractivity contribution in [3.8, 4) is 0 Å². The second kappa shape index (κ2) is 9.02. The molecule has 2 aliphatic rings. The lowest BCUT2D eigenvalue weighted by atomic mass is 9.82. The van der Waals surface area contributed by atoms with E-state index in [0.29, 0.717) is 19.5 Å². The van der Waals surface area contributed by atoms with E-state index in [1.165, 1.54) is 13.3 Å². The first-order chi connectivity index (χ1) is 13.1. The average Bonchev–Trinajstić information content (AvgIpc) is 2.65. The SMILES string of the molecule is CC(=O)N[C@@H](C(=O)N1CC[C@H]1C(=O)NCc1cc[c]cc1)C1CCCCC1. The number of amides is 3. The number of carbonyl (C=O) groups excluding carboxylic acids is 3. The van der Waals surface area contributed by atoms with Crippen molar-refractivity contribution in [3.05, 3.63) is 35.9 Å². The first kappa shape index (κ1) is 19.4. The van der Waals surface area contributed by atoms with Crippen LogP contribution in [-0.4, -0.2) is 41.2 Å². The van der Waals surface area contributed by atoms with Crippen molar-refractivity contribution < 1.29 is 14.4 Å². The molecule has 27 heavy (non-hydrogen) atoms. The van der Waals surface area contributed by atoms with Gasteiger partial charge in [0, 0.05) is 20.0 Å². The monoisotopic (exact) mass is 370 g/mol. The molecule has 0 aromatic heterocycles. The van der Waals surface area contributed by atoms with E-state index >= 15 is 0 Å². The fourth-order valence-corrected chi connectivity index (χ4v) is 4.02. The van der Waals surface area contributed by atoms with Crippen LogP contribution in [0, 0.1) is 12.0 Å². The Morgan fingerprint density at radius 1 is 1.15 bits per heavy atom. The van der Waals surface area contributed by atoms with E-state index in [-0.39, 0.29) is 23.6 Å². The smallest absolute Gasteiger partial charge is 0.246 e. The van der Waals surface area contributed by atoms with Crippen LogP contribution in [0.2, 0.25) is 0 Å². The highest BCUT2D eigenvalue weighted by atomic mass is 16.2. The molecular formula is C21H28N3O3. The lowest BCUT2D eigenvalue weighted by Crippen LogP contribution is -2.63. The predicted octanol–water partition coefficient (Wildman–Crippen LogP) is 1.79. The maximum atomic E-state index is 13.1. The second-order valence-electron chi connectivity index (χ2n) is 7.54. The van der Waals surface area contributed by atoms with Crippen LogP contribution >= 0.6 is 0 Å². The van der Waals surface area contributed by atoms with Gasteiger partial charge in [0.25, 0.3) is 0 Å². The third kappa shape index (κ3) is 4.87. The highest BCUT2D eigenvalue weighted by molar-refractivity contribution is 5.93. The molecule has 6 nitrogen and oxygen atoms in total. The fraction of sp³-hybridized carbons (Fsp3) is 0.571. The summed E-state index contributed by atoms with van der Waals surface area (Å²) >= 11 is 0. The molecule has 1 aromatic carbocycles. The van der Waals surface area contributed by atoms with E-state index in [1.807, 2.05) is 24.3 Å². The molecule has 0 bridgehead atoms. The molecule has 1 aromatic rings. The average molecular weight is 370 g/mol. The van der Waals surface area contributed by atoms with Crippen LogP contribution in [-0.2, 0) is 20.9 Å². The molecule has 2 fully saturated rings. The second-order valence-corrected chi connectivity index (χ2v) is 7.54. The number of rotatable bonds is 6. The van der Waals surface area contributed by atoms with E-state index in [0.717, 1.165) is 31.2 Å². The number of nitrogens with zero attached hydrogens (tertiary/aromatic N) is 1. The minimum atomic E-state index is -0.511. The van der Waals surface area contributed by atoms with E-state index in [9.17, 15) is 14.4 Å². The number of hydrogen-bond acceptors (Lipinski definition) is 3. The molecule has 3 rings (SSSR count). The molecule has 1 aliphatic heterocycles. The summed E-state index contributed by atoms with van der Waals surface area (Å²) in [7, 11) is 0. The Morgan fingerprint density at radius 2 is 1.85 bits per heavy atom. The summed E-state index contributed by atoms with van der Waals surface area (Å²) in [6, 6.07) is 9.42. The molecule has 2 atom stereocenters. The Hall–Kier alpha value is -2.37. The van der Waals surface area contributed by atoms with Crippen molar-refractivity contribution >= 4 is 17.7 Å². The topological polar surface area (TPSA) is 78.5 Å². The minimum Gasteiger partial charge on any atom is -0.350 e. The van der Waals surface area contributed by atoms with Crippen LogP contribution in [0.15, 0.2) is 24.3 Å². The van der Waals surface area contributed by atoms with Gasteiger partial charge in [0.1, 0.15) is 12.1 Å². The van der Waals surface area contributed by atoms with Crippen molar-refractivity contribution in [2.24, 2.45) is 5.92 Å². The largest absolute Gasteiger partial charge is 0.350 e. The van der Waals surface area contributed by atoms with Crippen molar-refractivity contribution in [1.82, 2.24) is 15.5 Å². The Balaban J connectivity index is 1.60. The molecule has 2 N–H and O–H groups in total. The third-order valence-corrected chi connectivity index (χ3v) is 5.61. The van der Waals surface area contributed by atoms with E-state index in [2.05, 4.69) is 16.7 Å². The van der Waals surface area contributed by atoms with Gasteiger partial charge in [-0.25, -0.2) is 0 Å². The number of nitrogens with one attached hydrogen (secondary N) is 2. The zero-order valence-corrected chi connectivity index (χ0v) is 15.9. The Kier molecular flexibility index (Phi) is 6.48. The Bertz CT molecular complexity index is 671. The first-order valence-corrected chi connectivity index (χ1v) is 9.86. The molecule has 145 valence electrons. The van der Waals surface area contributed by atoms with Crippen molar-refractivity contribution in [2.45, 2.75) is 64.1 Å². The summed E-state index contributed by atoms with van der Waals surface area (Å²) in [5, 5.41) is 5.76. The summed E-state index contributed by atoms with van der Waals surface area (Å²) in [6.07, 6.45) is 5.93. The Labute approximate surface area is 160 Å². The van der Waals surface area contributed by atoms with Gasteiger partial charge in [-0.2, -0.15) is 0 Å². The normalized spacial score (nSPS) is 21.1. The van der Waals surface area contributed by atoms with Gasteiger partial charge in [0.05, 0.1) is 0 Å². The van der Waals surface area contributed by atoms with Crippen LogP contribution in [0.5, 0.6) is 0 Å². The predicted molar refractivity (Wildman–Crippen MR) is 101 cm³/mol. The van der Waals surface area contributed by atoms with Crippen molar-refractivity contribution in [3.63, 3.8) is 0 Å². The van der Waals surface area contributed by atoms with Gasteiger partial charge in [-0.05, 0) is 36.8 Å². The van der Waals surface area contributed by atoms with Crippen molar-refractivity contribution in [1.29, 1.82) is 0 Å². The molecule has 3 amide bonds. The minimum absolute atomic E-state index is 0.113. The highest BCUT2D eigenvalue weighted by Gasteiger charge is 2.42. The fourth-order valence-electron chi connectivity index (χ4n) is 4.02.